The molecule has 0 fully saturated rings. The van der Waals surface area contributed by atoms with E-state index in [1.54, 1.807) is 0 Å². The Hall–Kier alpha value is -0.860. The minimum Gasteiger partial charge on any atom is -0.387 e. The van der Waals surface area contributed by atoms with Crippen LogP contribution in [-0.2, 0) is 0 Å². The highest BCUT2D eigenvalue weighted by Gasteiger charge is 2.05. The molecule has 0 heterocycles. The van der Waals surface area contributed by atoms with Gasteiger partial charge in [-0.15, -0.1) is 0 Å². The minimum absolute atomic E-state index is 0.390. The Bertz CT molecular complexity index is 258. The molecule has 0 saturated heterocycles. The summed E-state index contributed by atoms with van der Waals surface area (Å²) in [5.74, 6) is 0.714. The fourth-order valence-electron chi connectivity index (χ4n) is 1.42. The number of rotatable bonds is 6. The third kappa shape index (κ3) is 4.96. The number of aliphatic hydroxyl groups is 1. The fraction of sp³-hybridized carbons (Fsp3) is 0.538. The molecule has 0 aliphatic carbocycles. The first-order valence-electron chi connectivity index (χ1n) is 5.64. The van der Waals surface area contributed by atoms with Gasteiger partial charge in [0.25, 0.3) is 0 Å². The lowest BCUT2D eigenvalue weighted by Gasteiger charge is -2.12. The van der Waals surface area contributed by atoms with Crippen molar-refractivity contribution < 1.29 is 5.11 Å². The smallest absolute Gasteiger partial charge is 0.0914 e. The number of benzene rings is 1. The molecule has 1 rings (SSSR count). The van der Waals surface area contributed by atoms with Gasteiger partial charge in [0.05, 0.1) is 6.10 Å². The largest absolute Gasteiger partial charge is 0.387 e. The van der Waals surface area contributed by atoms with Crippen LogP contribution in [0.2, 0.25) is 0 Å². The zero-order chi connectivity index (χ0) is 11.1. The minimum atomic E-state index is -0.390. The maximum atomic E-state index is 9.82. The molecule has 1 unspecified atom stereocenters. The van der Waals surface area contributed by atoms with Crippen LogP contribution in [-0.4, -0.2) is 18.2 Å². The van der Waals surface area contributed by atoms with Crippen LogP contribution < -0.4 is 5.32 Å². The molecule has 0 amide bonds. The average molecular weight is 207 g/mol. The summed E-state index contributed by atoms with van der Waals surface area (Å²) in [4.78, 5) is 0. The highest BCUT2D eigenvalue weighted by atomic mass is 16.3. The van der Waals surface area contributed by atoms with Gasteiger partial charge in [-0.2, -0.15) is 0 Å². The van der Waals surface area contributed by atoms with Gasteiger partial charge >= 0.3 is 0 Å². The van der Waals surface area contributed by atoms with E-state index in [0.717, 1.165) is 18.5 Å². The van der Waals surface area contributed by atoms with Crippen molar-refractivity contribution in [3.05, 3.63) is 35.9 Å². The zero-order valence-corrected chi connectivity index (χ0v) is 9.61. The van der Waals surface area contributed by atoms with Gasteiger partial charge in [0, 0.05) is 6.54 Å². The monoisotopic (exact) mass is 207 g/mol. The van der Waals surface area contributed by atoms with Gasteiger partial charge in [-0.1, -0.05) is 44.2 Å². The molecule has 84 valence electrons. The summed E-state index contributed by atoms with van der Waals surface area (Å²) in [6.07, 6.45) is 0.764. The topological polar surface area (TPSA) is 32.3 Å². The van der Waals surface area contributed by atoms with Crippen LogP contribution in [0.1, 0.15) is 31.9 Å². The fourth-order valence-corrected chi connectivity index (χ4v) is 1.42. The molecule has 0 aliphatic rings. The summed E-state index contributed by atoms with van der Waals surface area (Å²) in [5.41, 5.74) is 0.981. The van der Waals surface area contributed by atoms with Crippen molar-refractivity contribution in [2.45, 2.75) is 26.4 Å². The van der Waals surface area contributed by atoms with Gasteiger partial charge in [-0.25, -0.2) is 0 Å². The summed E-state index contributed by atoms with van der Waals surface area (Å²) in [5, 5.41) is 13.1. The molecule has 2 nitrogen and oxygen atoms in total. The Morgan fingerprint density at radius 3 is 2.47 bits per heavy atom. The van der Waals surface area contributed by atoms with Crippen LogP contribution in [0.5, 0.6) is 0 Å². The summed E-state index contributed by atoms with van der Waals surface area (Å²) in [6.45, 7) is 6.02. The molecule has 0 bridgehead atoms. The molecule has 0 radical (unpaired) electrons. The van der Waals surface area contributed by atoms with Gasteiger partial charge < -0.3 is 10.4 Å². The SMILES string of the molecule is CC(C)CCNCC(O)c1ccccc1. The van der Waals surface area contributed by atoms with Gasteiger partial charge in [0.2, 0.25) is 0 Å². The molecule has 1 aromatic carbocycles. The number of nitrogens with one attached hydrogen (secondary N) is 1. The van der Waals surface area contributed by atoms with Gasteiger partial charge in [0.1, 0.15) is 0 Å². The molecular formula is C13H21NO. The quantitative estimate of drug-likeness (QED) is 0.702. The van der Waals surface area contributed by atoms with Crippen molar-refractivity contribution in [2.24, 2.45) is 5.92 Å². The van der Waals surface area contributed by atoms with E-state index in [1.165, 1.54) is 0 Å². The van der Waals surface area contributed by atoms with Gasteiger partial charge in [-0.3, -0.25) is 0 Å². The maximum absolute atomic E-state index is 9.82. The second kappa shape index (κ2) is 6.59. The Morgan fingerprint density at radius 2 is 1.87 bits per heavy atom. The zero-order valence-electron chi connectivity index (χ0n) is 9.61. The molecule has 0 spiro atoms. The molecule has 1 atom stereocenters. The lowest BCUT2D eigenvalue weighted by atomic mass is 10.1. The van der Waals surface area contributed by atoms with E-state index in [4.69, 9.17) is 0 Å². The normalized spacial score (nSPS) is 13.1. The van der Waals surface area contributed by atoms with Crippen LogP contribution in [0.3, 0.4) is 0 Å². The van der Waals surface area contributed by atoms with Crippen molar-refractivity contribution >= 4 is 0 Å². The molecular weight excluding hydrogens is 186 g/mol. The van der Waals surface area contributed by atoms with Crippen molar-refractivity contribution in [3.63, 3.8) is 0 Å². The van der Waals surface area contributed by atoms with Crippen LogP contribution in [0.25, 0.3) is 0 Å². The van der Waals surface area contributed by atoms with E-state index in [0.29, 0.717) is 12.5 Å². The third-order valence-corrected chi connectivity index (χ3v) is 2.42. The maximum Gasteiger partial charge on any atom is 0.0914 e. The summed E-state index contributed by atoms with van der Waals surface area (Å²) in [7, 11) is 0. The average Bonchev–Trinajstić information content (AvgIpc) is 2.25. The van der Waals surface area contributed by atoms with Crippen LogP contribution >= 0.6 is 0 Å². The van der Waals surface area contributed by atoms with Crippen molar-refractivity contribution in [1.29, 1.82) is 0 Å². The Morgan fingerprint density at radius 1 is 1.20 bits per heavy atom. The highest BCUT2D eigenvalue weighted by molar-refractivity contribution is 5.17. The van der Waals surface area contributed by atoms with Gasteiger partial charge in [-0.05, 0) is 24.4 Å². The molecule has 0 aliphatic heterocycles. The molecule has 0 aromatic heterocycles. The van der Waals surface area contributed by atoms with Crippen LogP contribution in [0, 0.1) is 5.92 Å². The number of hydrogen-bond acceptors (Lipinski definition) is 2. The lowest BCUT2D eigenvalue weighted by Crippen LogP contribution is -2.23. The lowest BCUT2D eigenvalue weighted by molar-refractivity contribution is 0.174. The second-order valence-electron chi connectivity index (χ2n) is 4.31. The van der Waals surface area contributed by atoms with E-state index in [-0.39, 0.29) is 0 Å². The second-order valence-corrected chi connectivity index (χ2v) is 4.31. The van der Waals surface area contributed by atoms with E-state index < -0.39 is 6.10 Å². The van der Waals surface area contributed by atoms with Crippen LogP contribution in [0.4, 0.5) is 0 Å². The Balaban J connectivity index is 2.22. The van der Waals surface area contributed by atoms with E-state index in [2.05, 4.69) is 19.2 Å². The van der Waals surface area contributed by atoms with E-state index >= 15 is 0 Å². The Kier molecular flexibility index (Phi) is 5.37. The molecule has 15 heavy (non-hydrogen) atoms. The number of hydrogen-bond donors (Lipinski definition) is 2. The molecule has 1 aromatic rings. The van der Waals surface area contributed by atoms with E-state index in [1.807, 2.05) is 30.3 Å². The van der Waals surface area contributed by atoms with E-state index in [9.17, 15) is 5.11 Å². The summed E-state index contributed by atoms with van der Waals surface area (Å²) >= 11 is 0. The Labute approximate surface area is 92.3 Å². The predicted octanol–water partition coefficient (Wildman–Crippen LogP) is 2.36. The third-order valence-electron chi connectivity index (χ3n) is 2.42. The molecule has 2 N–H and O–H groups in total. The van der Waals surface area contributed by atoms with Crippen molar-refractivity contribution in [3.8, 4) is 0 Å². The van der Waals surface area contributed by atoms with Crippen molar-refractivity contribution in [2.75, 3.05) is 13.1 Å². The predicted molar refractivity (Wildman–Crippen MR) is 63.7 cm³/mol. The molecule has 0 saturated carbocycles. The molecule has 2 heteroatoms. The van der Waals surface area contributed by atoms with Crippen LogP contribution in [0.15, 0.2) is 30.3 Å². The highest BCUT2D eigenvalue weighted by Crippen LogP contribution is 2.10. The number of aliphatic hydroxyl groups excluding tert-OH is 1. The van der Waals surface area contributed by atoms with Crippen molar-refractivity contribution in [1.82, 2.24) is 5.32 Å². The standard InChI is InChI=1S/C13H21NO/c1-11(2)8-9-14-10-13(15)12-6-4-3-5-7-12/h3-7,11,13-15H,8-10H2,1-2H3. The summed E-state index contributed by atoms with van der Waals surface area (Å²) in [6, 6.07) is 9.77. The summed E-state index contributed by atoms with van der Waals surface area (Å²) < 4.78 is 0. The first-order valence-corrected chi connectivity index (χ1v) is 5.64. The first-order chi connectivity index (χ1) is 7.20. The first kappa shape index (κ1) is 12.2. The van der Waals surface area contributed by atoms with Gasteiger partial charge in [0.15, 0.2) is 0 Å².